The van der Waals surface area contributed by atoms with Gasteiger partial charge in [0.1, 0.15) is 11.7 Å². The molecule has 98 valence electrons. The van der Waals surface area contributed by atoms with Crippen molar-refractivity contribution in [2.24, 2.45) is 0 Å². The molecule has 19 heavy (non-hydrogen) atoms. The van der Waals surface area contributed by atoms with Gasteiger partial charge in [-0.1, -0.05) is 12.1 Å². The topological polar surface area (TPSA) is 60.3 Å². The molecule has 3 rings (SSSR count). The standard InChI is InChI=1S/C14H14N2O3/c1-3-19-14(18)11-7-9-5-4-6-10-12(9)16(11)8(2)13(17)15-10/h4-8H,3H2,1-2H3,(H,15,17). The number of carbonyl (C=O) groups excluding carboxylic acids is 2. The number of hydrogen-bond acceptors (Lipinski definition) is 3. The summed E-state index contributed by atoms with van der Waals surface area (Å²) in [5.41, 5.74) is 2.03. The van der Waals surface area contributed by atoms with Crippen molar-refractivity contribution in [1.82, 2.24) is 4.57 Å². The Morgan fingerprint density at radius 3 is 3.00 bits per heavy atom. The minimum absolute atomic E-state index is 0.123. The van der Waals surface area contributed by atoms with E-state index in [4.69, 9.17) is 4.74 Å². The van der Waals surface area contributed by atoms with Crippen LogP contribution in [-0.4, -0.2) is 23.1 Å². The molecule has 5 nitrogen and oxygen atoms in total. The van der Waals surface area contributed by atoms with Crippen LogP contribution in [0.3, 0.4) is 0 Å². The fraction of sp³-hybridized carbons (Fsp3) is 0.286. The van der Waals surface area contributed by atoms with E-state index in [1.165, 1.54) is 0 Å². The minimum Gasteiger partial charge on any atom is -0.461 e. The smallest absolute Gasteiger partial charge is 0.354 e. The largest absolute Gasteiger partial charge is 0.461 e. The van der Waals surface area contributed by atoms with Gasteiger partial charge in [-0.05, 0) is 26.0 Å². The predicted octanol–water partition coefficient (Wildman–Crippen LogP) is 2.33. The van der Waals surface area contributed by atoms with Crippen molar-refractivity contribution in [2.45, 2.75) is 19.9 Å². The fourth-order valence-corrected chi connectivity index (χ4v) is 2.50. The molecule has 0 fully saturated rings. The molecule has 1 aromatic carbocycles. The van der Waals surface area contributed by atoms with Gasteiger partial charge in [0.2, 0.25) is 5.91 Å². The first-order valence-corrected chi connectivity index (χ1v) is 6.25. The zero-order valence-electron chi connectivity index (χ0n) is 10.8. The van der Waals surface area contributed by atoms with Crippen molar-refractivity contribution >= 4 is 28.5 Å². The number of ether oxygens (including phenoxy) is 1. The molecule has 1 aromatic heterocycles. The molecule has 2 aromatic rings. The zero-order valence-corrected chi connectivity index (χ0v) is 10.8. The van der Waals surface area contributed by atoms with Gasteiger partial charge in [0.05, 0.1) is 17.8 Å². The summed E-state index contributed by atoms with van der Waals surface area (Å²) in [4.78, 5) is 24.0. The van der Waals surface area contributed by atoms with E-state index in [0.717, 1.165) is 16.6 Å². The van der Waals surface area contributed by atoms with Crippen LogP contribution in [0.1, 0.15) is 30.4 Å². The number of nitrogens with zero attached hydrogens (tertiary/aromatic N) is 1. The van der Waals surface area contributed by atoms with Crippen LogP contribution in [-0.2, 0) is 9.53 Å². The molecular formula is C14H14N2O3. The van der Waals surface area contributed by atoms with Crippen LogP contribution < -0.4 is 5.32 Å². The average Bonchev–Trinajstić information content (AvgIpc) is 2.77. The number of rotatable bonds is 2. The van der Waals surface area contributed by atoms with Gasteiger partial charge >= 0.3 is 5.97 Å². The number of aromatic nitrogens is 1. The first-order chi connectivity index (χ1) is 9.13. The molecule has 1 N–H and O–H groups in total. The summed E-state index contributed by atoms with van der Waals surface area (Å²) in [5, 5.41) is 3.77. The molecule has 0 bridgehead atoms. The van der Waals surface area contributed by atoms with E-state index in [2.05, 4.69) is 5.32 Å². The number of para-hydroxylation sites is 1. The maximum Gasteiger partial charge on any atom is 0.354 e. The fourth-order valence-electron chi connectivity index (χ4n) is 2.50. The van der Waals surface area contributed by atoms with Gasteiger partial charge in [-0.25, -0.2) is 4.79 Å². The lowest BCUT2D eigenvalue weighted by atomic mass is 10.1. The minimum atomic E-state index is -0.424. The van der Waals surface area contributed by atoms with E-state index in [-0.39, 0.29) is 5.91 Å². The zero-order chi connectivity index (χ0) is 13.6. The number of carbonyl (C=O) groups is 2. The van der Waals surface area contributed by atoms with Crippen LogP contribution in [0.5, 0.6) is 0 Å². The monoisotopic (exact) mass is 258 g/mol. The van der Waals surface area contributed by atoms with Crippen molar-refractivity contribution in [3.8, 4) is 0 Å². The molecule has 0 saturated carbocycles. The average molecular weight is 258 g/mol. The van der Waals surface area contributed by atoms with Crippen molar-refractivity contribution < 1.29 is 14.3 Å². The molecule has 0 aliphatic carbocycles. The van der Waals surface area contributed by atoms with Gasteiger partial charge in [0, 0.05) is 5.39 Å². The third-order valence-electron chi connectivity index (χ3n) is 3.37. The Kier molecular flexibility index (Phi) is 2.55. The molecule has 2 heterocycles. The van der Waals surface area contributed by atoms with Gasteiger partial charge in [-0.3, -0.25) is 4.79 Å². The van der Waals surface area contributed by atoms with E-state index in [1.54, 1.807) is 24.5 Å². The Hall–Kier alpha value is -2.30. The molecule has 0 spiro atoms. The number of esters is 1. The van der Waals surface area contributed by atoms with Gasteiger partial charge in [0.25, 0.3) is 0 Å². The number of amides is 1. The summed E-state index contributed by atoms with van der Waals surface area (Å²) >= 11 is 0. The normalized spacial score (nSPS) is 17.4. The lowest BCUT2D eigenvalue weighted by Gasteiger charge is -2.24. The van der Waals surface area contributed by atoms with E-state index in [9.17, 15) is 9.59 Å². The quantitative estimate of drug-likeness (QED) is 0.841. The summed E-state index contributed by atoms with van der Waals surface area (Å²) in [5.74, 6) is -0.520. The Morgan fingerprint density at radius 2 is 2.26 bits per heavy atom. The molecule has 1 atom stereocenters. The third kappa shape index (κ3) is 1.62. The van der Waals surface area contributed by atoms with Crippen molar-refractivity contribution in [1.29, 1.82) is 0 Å². The van der Waals surface area contributed by atoms with Crippen molar-refractivity contribution in [3.05, 3.63) is 30.0 Å². The maximum absolute atomic E-state index is 12.0. The number of hydrogen-bond donors (Lipinski definition) is 1. The second kappa shape index (κ2) is 4.12. The Balaban J connectivity index is 2.29. The highest BCUT2D eigenvalue weighted by molar-refractivity contribution is 6.09. The predicted molar refractivity (Wildman–Crippen MR) is 71.2 cm³/mol. The molecule has 1 amide bonds. The molecule has 5 heteroatoms. The summed E-state index contributed by atoms with van der Waals surface area (Å²) < 4.78 is 6.81. The van der Waals surface area contributed by atoms with Crippen LogP contribution >= 0.6 is 0 Å². The van der Waals surface area contributed by atoms with E-state index in [0.29, 0.717) is 12.3 Å². The van der Waals surface area contributed by atoms with Crippen LogP contribution in [0.2, 0.25) is 0 Å². The highest BCUT2D eigenvalue weighted by Gasteiger charge is 2.29. The summed E-state index contributed by atoms with van der Waals surface area (Å²) in [6.07, 6.45) is 0. The third-order valence-corrected chi connectivity index (χ3v) is 3.37. The Morgan fingerprint density at radius 1 is 1.47 bits per heavy atom. The highest BCUT2D eigenvalue weighted by Crippen LogP contribution is 2.34. The summed E-state index contributed by atoms with van der Waals surface area (Å²) in [6, 6.07) is 6.95. The first-order valence-electron chi connectivity index (χ1n) is 6.25. The second-order valence-electron chi connectivity index (χ2n) is 4.53. The molecule has 0 saturated heterocycles. The van der Waals surface area contributed by atoms with Crippen LogP contribution in [0, 0.1) is 0 Å². The van der Waals surface area contributed by atoms with Gasteiger partial charge in [-0.15, -0.1) is 0 Å². The van der Waals surface area contributed by atoms with Crippen molar-refractivity contribution in [3.63, 3.8) is 0 Å². The van der Waals surface area contributed by atoms with Gasteiger partial charge in [0.15, 0.2) is 0 Å². The second-order valence-corrected chi connectivity index (χ2v) is 4.53. The van der Waals surface area contributed by atoms with Gasteiger partial charge in [-0.2, -0.15) is 0 Å². The number of benzene rings is 1. The highest BCUT2D eigenvalue weighted by atomic mass is 16.5. The molecular weight excluding hydrogens is 244 g/mol. The maximum atomic E-state index is 12.0. The first kappa shape index (κ1) is 11.8. The van der Waals surface area contributed by atoms with Crippen LogP contribution in [0.4, 0.5) is 5.69 Å². The molecule has 0 radical (unpaired) electrons. The SMILES string of the molecule is CCOC(=O)c1cc2cccc3c2n1C(C)C(=O)N3. The number of anilines is 1. The molecule has 1 aliphatic rings. The van der Waals surface area contributed by atoms with E-state index >= 15 is 0 Å². The lowest BCUT2D eigenvalue weighted by molar-refractivity contribution is -0.118. The summed E-state index contributed by atoms with van der Waals surface area (Å²) in [7, 11) is 0. The van der Waals surface area contributed by atoms with Crippen LogP contribution in [0.25, 0.3) is 10.9 Å². The lowest BCUT2D eigenvalue weighted by Crippen LogP contribution is -2.30. The van der Waals surface area contributed by atoms with E-state index < -0.39 is 12.0 Å². The van der Waals surface area contributed by atoms with Crippen molar-refractivity contribution in [2.75, 3.05) is 11.9 Å². The van der Waals surface area contributed by atoms with E-state index in [1.807, 2.05) is 18.2 Å². The van der Waals surface area contributed by atoms with Crippen LogP contribution in [0.15, 0.2) is 24.3 Å². The Bertz CT molecular complexity index is 687. The Labute approximate surface area is 110 Å². The molecule has 1 aliphatic heterocycles. The summed E-state index contributed by atoms with van der Waals surface area (Å²) in [6.45, 7) is 3.85. The van der Waals surface area contributed by atoms with Gasteiger partial charge < -0.3 is 14.6 Å². The number of nitrogens with one attached hydrogen (secondary N) is 1. The molecule has 1 unspecified atom stereocenters.